The second-order valence-corrected chi connectivity index (χ2v) is 4.68. The number of hydrogen-bond acceptors (Lipinski definition) is 4. The van der Waals surface area contributed by atoms with Crippen LogP contribution in [0.15, 0.2) is 24.3 Å². The maximum Gasteiger partial charge on any atom is 0.338 e. The summed E-state index contributed by atoms with van der Waals surface area (Å²) in [6, 6.07) is 7.91. The first-order valence-electron chi connectivity index (χ1n) is 6.91. The predicted octanol–water partition coefficient (Wildman–Crippen LogP) is 2.84. The van der Waals surface area contributed by atoms with Gasteiger partial charge in [0.15, 0.2) is 0 Å². The molecule has 1 aromatic carbocycles. The highest BCUT2D eigenvalue weighted by Gasteiger charge is 2.12. The van der Waals surface area contributed by atoms with E-state index in [9.17, 15) is 4.79 Å². The molecule has 1 aliphatic heterocycles. The van der Waals surface area contributed by atoms with Crippen LogP contribution in [0.3, 0.4) is 0 Å². The van der Waals surface area contributed by atoms with Crippen molar-refractivity contribution < 1.29 is 14.3 Å². The molecular formula is C15H21NO3. The van der Waals surface area contributed by atoms with Gasteiger partial charge in [0.05, 0.1) is 12.2 Å². The molecule has 4 nitrogen and oxygen atoms in total. The summed E-state index contributed by atoms with van der Waals surface area (Å²) < 4.78 is 10.4. The first kappa shape index (κ1) is 13.9. The van der Waals surface area contributed by atoms with Gasteiger partial charge in [0.1, 0.15) is 0 Å². The number of rotatable bonds is 4. The molecule has 1 aliphatic rings. The van der Waals surface area contributed by atoms with Crippen LogP contribution in [-0.4, -0.2) is 31.8 Å². The topological polar surface area (TPSA) is 47.6 Å². The van der Waals surface area contributed by atoms with Gasteiger partial charge in [-0.1, -0.05) is 0 Å². The maximum atomic E-state index is 11.5. The summed E-state index contributed by atoms with van der Waals surface area (Å²) in [4.78, 5) is 11.5. The highest BCUT2D eigenvalue weighted by molar-refractivity contribution is 5.89. The van der Waals surface area contributed by atoms with Crippen molar-refractivity contribution in [2.45, 2.75) is 32.2 Å². The Hall–Kier alpha value is -1.55. The number of esters is 1. The number of ether oxygens (including phenoxy) is 2. The summed E-state index contributed by atoms with van der Waals surface area (Å²) in [6.45, 7) is 3.89. The summed E-state index contributed by atoms with van der Waals surface area (Å²) in [7, 11) is 0. The van der Waals surface area contributed by atoms with Crippen LogP contribution in [0.4, 0.5) is 5.69 Å². The van der Waals surface area contributed by atoms with Gasteiger partial charge in [0, 0.05) is 24.9 Å². The van der Waals surface area contributed by atoms with Crippen LogP contribution in [0, 0.1) is 0 Å². The number of nitrogens with one attached hydrogen (secondary N) is 1. The minimum Gasteiger partial charge on any atom is -0.462 e. The van der Waals surface area contributed by atoms with Gasteiger partial charge >= 0.3 is 5.97 Å². The first-order valence-corrected chi connectivity index (χ1v) is 6.91. The van der Waals surface area contributed by atoms with E-state index in [4.69, 9.17) is 9.47 Å². The molecule has 0 spiro atoms. The Bertz CT molecular complexity index is 394. The van der Waals surface area contributed by atoms with Crippen LogP contribution in [0.25, 0.3) is 0 Å². The zero-order valence-electron chi connectivity index (χ0n) is 11.4. The Morgan fingerprint density at radius 2 is 2.11 bits per heavy atom. The molecule has 19 heavy (non-hydrogen) atoms. The van der Waals surface area contributed by atoms with Crippen molar-refractivity contribution in [2.75, 3.05) is 25.1 Å². The maximum absolute atomic E-state index is 11.5. The number of carbonyl (C=O) groups excluding carboxylic acids is 1. The lowest BCUT2D eigenvalue weighted by molar-refractivity contribution is 0.0526. The molecule has 0 amide bonds. The second kappa shape index (κ2) is 7.14. The van der Waals surface area contributed by atoms with Gasteiger partial charge in [-0.05, 0) is 50.5 Å². The molecule has 0 aliphatic carbocycles. The van der Waals surface area contributed by atoms with Crippen molar-refractivity contribution in [2.24, 2.45) is 0 Å². The molecule has 0 saturated carbocycles. The minimum atomic E-state index is -0.267. The number of anilines is 1. The molecule has 0 bridgehead atoms. The molecule has 4 heteroatoms. The summed E-state index contributed by atoms with van der Waals surface area (Å²) >= 11 is 0. The fourth-order valence-electron chi connectivity index (χ4n) is 2.20. The van der Waals surface area contributed by atoms with E-state index >= 15 is 0 Å². The van der Waals surface area contributed by atoms with Crippen LogP contribution in [0.1, 0.15) is 36.5 Å². The van der Waals surface area contributed by atoms with Crippen LogP contribution in [0.2, 0.25) is 0 Å². The first-order chi connectivity index (χ1) is 9.29. The largest absolute Gasteiger partial charge is 0.462 e. The van der Waals surface area contributed by atoms with Gasteiger partial charge in [-0.25, -0.2) is 4.79 Å². The number of carbonyl (C=O) groups is 1. The second-order valence-electron chi connectivity index (χ2n) is 4.68. The molecule has 1 fully saturated rings. The summed E-state index contributed by atoms with van der Waals surface area (Å²) in [5.74, 6) is -0.267. The lowest BCUT2D eigenvalue weighted by Crippen LogP contribution is -2.19. The van der Waals surface area contributed by atoms with Crippen LogP contribution < -0.4 is 5.32 Å². The molecule has 1 aromatic rings. The SMILES string of the molecule is CCOC(=O)c1ccc(NC2CCCOCC2)cc1. The summed E-state index contributed by atoms with van der Waals surface area (Å²) in [6.07, 6.45) is 3.25. The smallest absolute Gasteiger partial charge is 0.338 e. The van der Waals surface area contributed by atoms with Crippen molar-refractivity contribution in [3.63, 3.8) is 0 Å². The lowest BCUT2D eigenvalue weighted by atomic mass is 10.1. The Labute approximate surface area is 114 Å². The highest BCUT2D eigenvalue weighted by atomic mass is 16.5. The highest BCUT2D eigenvalue weighted by Crippen LogP contribution is 2.16. The van der Waals surface area contributed by atoms with Gasteiger partial charge < -0.3 is 14.8 Å². The molecular weight excluding hydrogens is 242 g/mol. The summed E-state index contributed by atoms with van der Waals surface area (Å²) in [5.41, 5.74) is 1.64. The molecule has 1 N–H and O–H groups in total. The monoisotopic (exact) mass is 263 g/mol. The van der Waals surface area contributed by atoms with E-state index in [2.05, 4.69) is 5.32 Å². The standard InChI is InChI=1S/C15H21NO3/c1-2-19-15(17)12-5-7-14(8-6-12)16-13-4-3-10-18-11-9-13/h5-8,13,16H,2-4,9-11H2,1H3. The zero-order chi connectivity index (χ0) is 13.5. The molecule has 1 saturated heterocycles. The Balaban J connectivity index is 1.92. The average Bonchev–Trinajstić information content (AvgIpc) is 2.68. The Morgan fingerprint density at radius 1 is 1.32 bits per heavy atom. The molecule has 104 valence electrons. The quantitative estimate of drug-likeness (QED) is 0.849. The van der Waals surface area contributed by atoms with E-state index in [0.29, 0.717) is 18.2 Å². The molecule has 1 heterocycles. The van der Waals surface area contributed by atoms with E-state index in [1.54, 1.807) is 12.1 Å². The predicted molar refractivity (Wildman–Crippen MR) is 74.5 cm³/mol. The van der Waals surface area contributed by atoms with E-state index in [-0.39, 0.29) is 5.97 Å². The van der Waals surface area contributed by atoms with E-state index < -0.39 is 0 Å². The van der Waals surface area contributed by atoms with Gasteiger partial charge in [-0.3, -0.25) is 0 Å². The fourth-order valence-corrected chi connectivity index (χ4v) is 2.20. The third-order valence-electron chi connectivity index (χ3n) is 3.22. The van der Waals surface area contributed by atoms with E-state index in [0.717, 1.165) is 38.2 Å². The van der Waals surface area contributed by atoms with Crippen LogP contribution >= 0.6 is 0 Å². The zero-order valence-corrected chi connectivity index (χ0v) is 11.4. The number of benzene rings is 1. The Kier molecular flexibility index (Phi) is 5.21. The third-order valence-corrected chi connectivity index (χ3v) is 3.22. The number of hydrogen-bond donors (Lipinski definition) is 1. The Morgan fingerprint density at radius 3 is 2.84 bits per heavy atom. The van der Waals surface area contributed by atoms with Gasteiger partial charge in [-0.15, -0.1) is 0 Å². The van der Waals surface area contributed by atoms with Crippen LogP contribution in [0.5, 0.6) is 0 Å². The van der Waals surface area contributed by atoms with Crippen LogP contribution in [-0.2, 0) is 9.47 Å². The normalized spacial score (nSPS) is 19.5. The molecule has 2 rings (SSSR count). The fraction of sp³-hybridized carbons (Fsp3) is 0.533. The van der Waals surface area contributed by atoms with Gasteiger partial charge in [-0.2, -0.15) is 0 Å². The van der Waals surface area contributed by atoms with Crippen molar-refractivity contribution in [1.82, 2.24) is 0 Å². The average molecular weight is 263 g/mol. The van der Waals surface area contributed by atoms with Crippen molar-refractivity contribution >= 4 is 11.7 Å². The van der Waals surface area contributed by atoms with Crippen molar-refractivity contribution in [3.8, 4) is 0 Å². The van der Waals surface area contributed by atoms with Crippen molar-refractivity contribution in [1.29, 1.82) is 0 Å². The molecule has 0 radical (unpaired) electrons. The van der Waals surface area contributed by atoms with Crippen molar-refractivity contribution in [3.05, 3.63) is 29.8 Å². The van der Waals surface area contributed by atoms with E-state index in [1.165, 1.54) is 0 Å². The van der Waals surface area contributed by atoms with Gasteiger partial charge in [0.25, 0.3) is 0 Å². The minimum absolute atomic E-state index is 0.267. The van der Waals surface area contributed by atoms with E-state index in [1.807, 2.05) is 19.1 Å². The summed E-state index contributed by atoms with van der Waals surface area (Å²) in [5, 5.41) is 3.49. The molecule has 0 aromatic heterocycles. The van der Waals surface area contributed by atoms with Gasteiger partial charge in [0.2, 0.25) is 0 Å². The molecule has 1 atom stereocenters. The third kappa shape index (κ3) is 4.24. The lowest BCUT2D eigenvalue weighted by Gasteiger charge is -2.17. The molecule has 1 unspecified atom stereocenters.